The number of benzene rings is 3. The van der Waals surface area contributed by atoms with Gasteiger partial charge in [0.2, 0.25) is 11.8 Å². The van der Waals surface area contributed by atoms with Crippen molar-refractivity contribution in [1.82, 2.24) is 0 Å². The van der Waals surface area contributed by atoms with Crippen molar-refractivity contribution in [3.63, 3.8) is 0 Å². The van der Waals surface area contributed by atoms with E-state index in [1.807, 2.05) is 48.5 Å². The summed E-state index contributed by atoms with van der Waals surface area (Å²) in [6.45, 7) is 0. The highest BCUT2D eigenvalue weighted by molar-refractivity contribution is 6.23. The van der Waals surface area contributed by atoms with Crippen LogP contribution in [-0.4, -0.2) is 28.0 Å². The molecule has 3 aliphatic carbocycles. The van der Waals surface area contributed by atoms with Crippen molar-refractivity contribution < 1.29 is 24.6 Å². The molecule has 2 amide bonds. The number of hydrogen-bond donors (Lipinski definition) is 2. The van der Waals surface area contributed by atoms with Crippen LogP contribution in [0.15, 0.2) is 66.7 Å². The first-order chi connectivity index (χ1) is 15.0. The van der Waals surface area contributed by atoms with E-state index in [4.69, 9.17) is 0 Å². The summed E-state index contributed by atoms with van der Waals surface area (Å²) in [4.78, 5) is 39.8. The zero-order valence-corrected chi connectivity index (χ0v) is 16.2. The third-order valence-electron chi connectivity index (χ3n) is 6.92. The average Bonchev–Trinajstić information content (AvgIpc) is 3.05. The molecule has 152 valence electrons. The van der Waals surface area contributed by atoms with Gasteiger partial charge in [-0.25, -0.2) is 9.69 Å². The number of phenols is 1. The summed E-state index contributed by atoms with van der Waals surface area (Å²) in [5, 5.41) is 19.2. The lowest BCUT2D eigenvalue weighted by Gasteiger charge is -2.45. The van der Waals surface area contributed by atoms with E-state index >= 15 is 0 Å². The molecule has 7 rings (SSSR count). The van der Waals surface area contributed by atoms with Crippen LogP contribution in [0.4, 0.5) is 5.69 Å². The Labute approximate surface area is 177 Å². The maximum Gasteiger partial charge on any atom is 0.339 e. The molecule has 0 spiro atoms. The van der Waals surface area contributed by atoms with Gasteiger partial charge in [-0.05, 0) is 40.5 Å². The van der Waals surface area contributed by atoms with Gasteiger partial charge in [0, 0.05) is 11.8 Å². The molecule has 1 saturated heterocycles. The van der Waals surface area contributed by atoms with Crippen molar-refractivity contribution in [2.45, 2.75) is 11.8 Å². The molecule has 0 aromatic heterocycles. The van der Waals surface area contributed by atoms with Crippen LogP contribution in [0.5, 0.6) is 5.75 Å². The number of hydrogen-bond acceptors (Lipinski definition) is 4. The molecular formula is C25H17NO5. The van der Waals surface area contributed by atoms with Gasteiger partial charge in [-0.15, -0.1) is 0 Å². The highest BCUT2D eigenvalue weighted by Gasteiger charge is 2.61. The van der Waals surface area contributed by atoms with Crippen molar-refractivity contribution in [1.29, 1.82) is 0 Å². The zero-order chi connectivity index (χ0) is 21.4. The molecule has 4 aliphatic rings. The van der Waals surface area contributed by atoms with Gasteiger partial charge in [0.15, 0.2) is 0 Å². The smallest absolute Gasteiger partial charge is 0.339 e. The fourth-order valence-corrected chi connectivity index (χ4v) is 5.77. The summed E-state index contributed by atoms with van der Waals surface area (Å²) in [7, 11) is 0. The second kappa shape index (κ2) is 6.04. The van der Waals surface area contributed by atoms with Crippen molar-refractivity contribution in [2.75, 3.05) is 4.90 Å². The first kappa shape index (κ1) is 17.9. The summed E-state index contributed by atoms with van der Waals surface area (Å²) in [5.74, 6) is -3.90. The molecule has 0 unspecified atom stereocenters. The van der Waals surface area contributed by atoms with Crippen LogP contribution in [0.2, 0.25) is 0 Å². The topological polar surface area (TPSA) is 94.9 Å². The first-order valence-corrected chi connectivity index (χ1v) is 10.1. The number of carbonyl (C=O) groups excluding carboxylic acids is 2. The van der Waals surface area contributed by atoms with Crippen molar-refractivity contribution in [2.24, 2.45) is 11.8 Å². The Morgan fingerprint density at radius 2 is 1.19 bits per heavy atom. The maximum absolute atomic E-state index is 13.6. The van der Waals surface area contributed by atoms with E-state index in [9.17, 15) is 24.6 Å². The Morgan fingerprint density at radius 3 is 1.61 bits per heavy atom. The molecule has 1 heterocycles. The minimum Gasteiger partial charge on any atom is -0.507 e. The van der Waals surface area contributed by atoms with E-state index < -0.39 is 23.6 Å². The summed E-state index contributed by atoms with van der Waals surface area (Å²) < 4.78 is 0. The Balaban J connectivity index is 1.54. The van der Waals surface area contributed by atoms with E-state index in [1.54, 1.807) is 0 Å². The zero-order valence-electron chi connectivity index (χ0n) is 16.2. The van der Waals surface area contributed by atoms with E-state index in [0.29, 0.717) is 0 Å². The molecule has 3 aromatic carbocycles. The van der Waals surface area contributed by atoms with Crippen LogP contribution in [0.25, 0.3) is 0 Å². The van der Waals surface area contributed by atoms with Crippen molar-refractivity contribution in [3.8, 4) is 5.75 Å². The SMILES string of the molecule is O=C(O)c1cc(N2C(=O)[C@H]3C4c5ccccc5C(c5ccccc54)[C@@H]3C2=O)ccc1O. The van der Waals surface area contributed by atoms with E-state index in [0.717, 1.165) is 27.2 Å². The van der Waals surface area contributed by atoms with Crippen molar-refractivity contribution >= 4 is 23.5 Å². The van der Waals surface area contributed by atoms with Gasteiger partial charge < -0.3 is 10.2 Å². The fraction of sp³-hybridized carbons (Fsp3) is 0.160. The summed E-state index contributed by atoms with van der Waals surface area (Å²) in [6.07, 6.45) is 0. The monoisotopic (exact) mass is 411 g/mol. The lowest BCUT2D eigenvalue weighted by Crippen LogP contribution is -2.41. The molecule has 0 radical (unpaired) electrons. The molecule has 1 aliphatic heterocycles. The Kier molecular flexibility index (Phi) is 3.49. The number of carboxylic acids is 1. The van der Waals surface area contributed by atoms with Gasteiger partial charge in [0.05, 0.1) is 17.5 Å². The predicted molar refractivity (Wildman–Crippen MR) is 111 cm³/mol. The second-order valence-corrected chi connectivity index (χ2v) is 8.28. The Morgan fingerprint density at radius 1 is 0.742 bits per heavy atom. The third-order valence-corrected chi connectivity index (χ3v) is 6.92. The van der Waals surface area contributed by atoms with Gasteiger partial charge in [-0.2, -0.15) is 0 Å². The first-order valence-electron chi connectivity index (χ1n) is 10.1. The number of imide groups is 1. The number of rotatable bonds is 2. The standard InChI is InChI=1S/C25H17NO5/c27-18-10-9-12(11-17(18)25(30)31)26-23(28)21-19-13-5-1-2-6-14(13)20(22(21)24(26)29)16-8-4-3-7-15(16)19/h1-11,19-22,27H,(H,30,31)/t19?,20?,21-,22-/m0/s1. The number of nitrogens with zero attached hydrogens (tertiary/aromatic N) is 1. The van der Waals surface area contributed by atoms with Crippen LogP contribution in [0.1, 0.15) is 44.4 Å². The molecule has 31 heavy (non-hydrogen) atoms. The minimum atomic E-state index is -1.32. The molecule has 2 atom stereocenters. The van der Waals surface area contributed by atoms with E-state index in [1.165, 1.54) is 18.2 Å². The second-order valence-electron chi connectivity index (χ2n) is 8.28. The van der Waals surface area contributed by atoms with E-state index in [-0.39, 0.29) is 34.9 Å². The number of amides is 2. The van der Waals surface area contributed by atoms with Gasteiger partial charge in [0.1, 0.15) is 11.3 Å². The fourth-order valence-electron chi connectivity index (χ4n) is 5.77. The molecular weight excluding hydrogens is 394 g/mol. The quantitative estimate of drug-likeness (QED) is 0.630. The predicted octanol–water partition coefficient (Wildman–Crippen LogP) is 3.49. The number of aromatic hydroxyl groups is 1. The lowest BCUT2D eigenvalue weighted by atomic mass is 9.55. The Bertz CT molecular complexity index is 1200. The highest BCUT2D eigenvalue weighted by atomic mass is 16.4. The Hall–Kier alpha value is -3.93. The highest BCUT2D eigenvalue weighted by Crippen LogP contribution is 2.61. The molecule has 1 fully saturated rings. The normalized spacial score (nSPS) is 25.2. The van der Waals surface area contributed by atoms with Gasteiger partial charge in [-0.1, -0.05) is 48.5 Å². The van der Waals surface area contributed by atoms with Crippen LogP contribution < -0.4 is 4.90 Å². The van der Waals surface area contributed by atoms with Crippen LogP contribution in [0, 0.1) is 11.8 Å². The number of carbonyl (C=O) groups is 3. The summed E-state index contributed by atoms with van der Waals surface area (Å²) in [5.41, 5.74) is 4.13. The van der Waals surface area contributed by atoms with Crippen LogP contribution in [-0.2, 0) is 9.59 Å². The van der Waals surface area contributed by atoms with E-state index in [2.05, 4.69) is 0 Å². The summed E-state index contributed by atoms with van der Waals surface area (Å²) >= 11 is 0. The lowest BCUT2D eigenvalue weighted by molar-refractivity contribution is -0.122. The molecule has 6 heteroatoms. The van der Waals surface area contributed by atoms with Gasteiger partial charge in [0.25, 0.3) is 0 Å². The third kappa shape index (κ3) is 2.19. The number of carboxylic acid groups (broad SMARTS) is 1. The molecule has 3 aromatic rings. The molecule has 2 bridgehead atoms. The van der Waals surface area contributed by atoms with Gasteiger partial charge >= 0.3 is 5.97 Å². The molecule has 2 N–H and O–H groups in total. The minimum absolute atomic E-state index is 0.173. The van der Waals surface area contributed by atoms with Crippen LogP contribution >= 0.6 is 0 Å². The average molecular weight is 411 g/mol. The maximum atomic E-state index is 13.6. The largest absolute Gasteiger partial charge is 0.507 e. The van der Waals surface area contributed by atoms with Crippen LogP contribution in [0.3, 0.4) is 0 Å². The van der Waals surface area contributed by atoms with Crippen molar-refractivity contribution in [3.05, 3.63) is 94.5 Å². The molecule has 0 saturated carbocycles. The summed E-state index contributed by atoms with van der Waals surface area (Å²) in [6, 6.07) is 19.7. The number of aromatic carboxylic acids is 1. The number of anilines is 1. The molecule has 6 nitrogen and oxygen atoms in total. The van der Waals surface area contributed by atoms with Gasteiger partial charge in [-0.3, -0.25) is 9.59 Å².